The van der Waals surface area contributed by atoms with E-state index in [4.69, 9.17) is 0 Å². The van der Waals surface area contributed by atoms with Crippen LogP contribution in [0.5, 0.6) is 0 Å². The molecule has 0 aliphatic heterocycles. The minimum absolute atomic E-state index is 0.0453. The van der Waals surface area contributed by atoms with E-state index in [-0.39, 0.29) is 16.8 Å². The summed E-state index contributed by atoms with van der Waals surface area (Å²) >= 11 is 1.38. The van der Waals surface area contributed by atoms with Gasteiger partial charge in [0.15, 0.2) is 0 Å². The zero-order valence-corrected chi connectivity index (χ0v) is 16.0. The van der Waals surface area contributed by atoms with E-state index in [1.165, 1.54) is 29.5 Å². The van der Waals surface area contributed by atoms with E-state index in [9.17, 15) is 14.9 Å². The molecule has 2 rings (SSSR count). The van der Waals surface area contributed by atoms with E-state index in [0.29, 0.717) is 6.54 Å². The molecule has 0 saturated heterocycles. The summed E-state index contributed by atoms with van der Waals surface area (Å²) in [6.45, 7) is 3.13. The fourth-order valence-electron chi connectivity index (χ4n) is 2.46. The number of benzene rings is 2. The van der Waals surface area contributed by atoms with Crippen molar-refractivity contribution >= 4 is 23.4 Å². The van der Waals surface area contributed by atoms with Crippen molar-refractivity contribution in [2.24, 2.45) is 0 Å². The second-order valence-corrected chi connectivity index (χ2v) is 7.65. The van der Waals surface area contributed by atoms with Crippen LogP contribution in [0.25, 0.3) is 0 Å². The van der Waals surface area contributed by atoms with Crippen molar-refractivity contribution in [1.82, 2.24) is 10.2 Å². The lowest BCUT2D eigenvalue weighted by atomic mass is 10.1. The van der Waals surface area contributed by atoms with E-state index in [1.807, 2.05) is 39.2 Å². The first-order chi connectivity index (χ1) is 12.4. The second kappa shape index (κ2) is 9.35. The average Bonchev–Trinajstić information content (AvgIpc) is 2.60. The van der Waals surface area contributed by atoms with Gasteiger partial charge < -0.3 is 10.2 Å². The topological polar surface area (TPSA) is 75.5 Å². The number of thioether (sulfide) groups is 1. The van der Waals surface area contributed by atoms with Crippen LogP contribution >= 0.6 is 11.8 Å². The van der Waals surface area contributed by atoms with Crippen molar-refractivity contribution in [2.45, 2.75) is 30.2 Å². The quantitative estimate of drug-likeness (QED) is 0.436. The fourth-order valence-corrected chi connectivity index (χ4v) is 3.35. The highest BCUT2D eigenvalue weighted by Crippen LogP contribution is 2.25. The predicted molar refractivity (Wildman–Crippen MR) is 104 cm³/mol. The number of nitrogens with one attached hydrogen (secondary N) is 1. The van der Waals surface area contributed by atoms with Crippen molar-refractivity contribution < 1.29 is 9.72 Å². The van der Waals surface area contributed by atoms with Crippen LogP contribution in [0.1, 0.15) is 18.1 Å². The lowest BCUT2D eigenvalue weighted by Crippen LogP contribution is -2.31. The summed E-state index contributed by atoms with van der Waals surface area (Å²) in [7, 11) is 4.02. The van der Waals surface area contributed by atoms with Crippen LogP contribution in [0.15, 0.2) is 53.4 Å². The fraction of sp³-hybridized carbons (Fsp3) is 0.316. The average molecular weight is 373 g/mol. The Bertz CT molecular complexity index is 763. The van der Waals surface area contributed by atoms with Gasteiger partial charge in [-0.2, -0.15) is 0 Å². The summed E-state index contributed by atoms with van der Waals surface area (Å²) in [6, 6.07) is 14.3. The molecule has 0 fully saturated rings. The van der Waals surface area contributed by atoms with Crippen molar-refractivity contribution in [3.63, 3.8) is 0 Å². The predicted octanol–water partition coefficient (Wildman–Crippen LogP) is 3.45. The van der Waals surface area contributed by atoms with Crippen LogP contribution in [-0.2, 0) is 17.9 Å². The van der Waals surface area contributed by atoms with Gasteiger partial charge in [-0.1, -0.05) is 24.3 Å². The van der Waals surface area contributed by atoms with Crippen LogP contribution in [-0.4, -0.2) is 35.1 Å². The van der Waals surface area contributed by atoms with Crippen molar-refractivity contribution in [3.05, 3.63) is 69.8 Å². The van der Waals surface area contributed by atoms with Gasteiger partial charge in [-0.25, -0.2) is 0 Å². The van der Waals surface area contributed by atoms with Crippen molar-refractivity contribution in [3.8, 4) is 0 Å². The Labute approximate surface area is 157 Å². The Hall–Kier alpha value is -2.38. The lowest BCUT2D eigenvalue weighted by molar-refractivity contribution is -0.384. The van der Waals surface area contributed by atoms with E-state index in [0.717, 1.165) is 17.0 Å². The monoisotopic (exact) mass is 373 g/mol. The van der Waals surface area contributed by atoms with Crippen LogP contribution in [0, 0.1) is 10.1 Å². The molecule has 0 bridgehead atoms. The summed E-state index contributed by atoms with van der Waals surface area (Å²) in [5.41, 5.74) is 2.33. The molecule has 0 heterocycles. The van der Waals surface area contributed by atoms with Crippen molar-refractivity contribution in [1.29, 1.82) is 0 Å². The van der Waals surface area contributed by atoms with E-state index < -0.39 is 4.92 Å². The number of nitrogens with zero attached hydrogens (tertiary/aromatic N) is 2. The first-order valence-electron chi connectivity index (χ1n) is 8.27. The zero-order chi connectivity index (χ0) is 19.1. The molecule has 2 aromatic rings. The third-order valence-corrected chi connectivity index (χ3v) is 4.90. The van der Waals surface area contributed by atoms with Crippen LogP contribution in [0.4, 0.5) is 5.69 Å². The van der Waals surface area contributed by atoms with Gasteiger partial charge in [0.25, 0.3) is 5.69 Å². The van der Waals surface area contributed by atoms with Crippen molar-refractivity contribution in [2.75, 3.05) is 14.1 Å². The molecule has 1 amide bonds. The number of hydrogen-bond donors (Lipinski definition) is 1. The number of non-ortho nitro benzene ring substituents is 1. The lowest BCUT2D eigenvalue weighted by Gasteiger charge is -2.16. The van der Waals surface area contributed by atoms with Crippen LogP contribution in [0.3, 0.4) is 0 Å². The molecule has 2 aromatic carbocycles. The minimum atomic E-state index is -0.435. The third-order valence-electron chi connectivity index (χ3n) is 3.79. The molecule has 0 unspecified atom stereocenters. The number of amides is 1. The first-order valence-corrected chi connectivity index (χ1v) is 9.15. The highest BCUT2D eigenvalue weighted by Gasteiger charge is 2.15. The molecule has 138 valence electrons. The second-order valence-electron chi connectivity index (χ2n) is 6.24. The molecule has 0 aliphatic carbocycles. The maximum Gasteiger partial charge on any atom is 0.269 e. The summed E-state index contributed by atoms with van der Waals surface area (Å²) in [5, 5.41) is 13.4. The molecule has 0 saturated carbocycles. The number of rotatable bonds is 8. The van der Waals surface area contributed by atoms with E-state index in [2.05, 4.69) is 16.3 Å². The van der Waals surface area contributed by atoms with E-state index >= 15 is 0 Å². The molecule has 0 spiro atoms. The molecular weight excluding hydrogens is 350 g/mol. The highest BCUT2D eigenvalue weighted by molar-refractivity contribution is 8.00. The normalized spacial score (nSPS) is 12.0. The van der Waals surface area contributed by atoms with Gasteiger partial charge in [-0.05, 0) is 44.3 Å². The molecular formula is C19H23N3O3S. The number of nitro groups is 1. The van der Waals surface area contributed by atoms with Gasteiger partial charge in [0, 0.05) is 30.1 Å². The van der Waals surface area contributed by atoms with Gasteiger partial charge in [-0.3, -0.25) is 14.9 Å². The SMILES string of the molecule is C[C@@H](Sc1ccc([N+](=O)[O-])cc1)C(=O)NCc1ccccc1CN(C)C. The van der Waals surface area contributed by atoms with Crippen LogP contribution < -0.4 is 5.32 Å². The molecule has 6 nitrogen and oxygen atoms in total. The molecule has 1 atom stereocenters. The molecule has 26 heavy (non-hydrogen) atoms. The maximum atomic E-state index is 12.4. The number of hydrogen-bond acceptors (Lipinski definition) is 5. The standard InChI is InChI=1S/C19H23N3O3S/c1-14(26-18-10-8-17(9-11-18)22(24)25)19(23)20-12-15-6-4-5-7-16(15)13-21(2)3/h4-11,14H,12-13H2,1-3H3,(H,20,23)/t14-/m1/s1. The third kappa shape index (κ3) is 5.86. The summed E-state index contributed by atoms with van der Waals surface area (Å²) in [6.07, 6.45) is 0. The Morgan fingerprint density at radius 2 is 1.77 bits per heavy atom. The van der Waals surface area contributed by atoms with Gasteiger partial charge in [0.1, 0.15) is 0 Å². The Morgan fingerprint density at radius 1 is 1.15 bits per heavy atom. The molecule has 1 N–H and O–H groups in total. The minimum Gasteiger partial charge on any atom is -0.351 e. The summed E-state index contributed by atoms with van der Waals surface area (Å²) in [4.78, 5) is 25.5. The van der Waals surface area contributed by atoms with E-state index in [1.54, 1.807) is 12.1 Å². The summed E-state index contributed by atoms with van der Waals surface area (Å²) in [5.74, 6) is -0.0620. The Balaban J connectivity index is 1.92. The highest BCUT2D eigenvalue weighted by atomic mass is 32.2. The molecule has 7 heteroatoms. The molecule has 0 radical (unpaired) electrons. The Kier molecular flexibility index (Phi) is 7.17. The zero-order valence-electron chi connectivity index (χ0n) is 15.1. The van der Waals surface area contributed by atoms with Gasteiger partial charge in [0.05, 0.1) is 10.2 Å². The van der Waals surface area contributed by atoms with Gasteiger partial charge in [-0.15, -0.1) is 11.8 Å². The molecule has 0 aliphatic rings. The van der Waals surface area contributed by atoms with Gasteiger partial charge >= 0.3 is 0 Å². The number of carbonyl (C=O) groups excluding carboxylic acids is 1. The number of nitro benzene ring substituents is 1. The summed E-state index contributed by atoms with van der Waals surface area (Å²) < 4.78 is 0. The molecule has 0 aromatic heterocycles. The Morgan fingerprint density at radius 3 is 2.35 bits per heavy atom. The maximum absolute atomic E-state index is 12.4. The smallest absolute Gasteiger partial charge is 0.269 e. The largest absolute Gasteiger partial charge is 0.351 e. The van der Waals surface area contributed by atoms with Gasteiger partial charge in [0.2, 0.25) is 5.91 Å². The number of carbonyl (C=O) groups is 1. The first kappa shape index (κ1) is 19.9. The van der Waals surface area contributed by atoms with Crippen LogP contribution in [0.2, 0.25) is 0 Å².